The number of allylic oxidation sites excluding steroid dienone is 2. The van der Waals surface area contributed by atoms with Crippen molar-refractivity contribution in [3.63, 3.8) is 0 Å². The minimum atomic E-state index is 0.687. The molecule has 1 N–H and O–H groups in total. The summed E-state index contributed by atoms with van der Waals surface area (Å²) in [7, 11) is 0. The van der Waals surface area contributed by atoms with Crippen LogP contribution in [-0.2, 0) is 9.47 Å². The summed E-state index contributed by atoms with van der Waals surface area (Å²) >= 11 is 1.74. The summed E-state index contributed by atoms with van der Waals surface area (Å²) in [4.78, 5) is 28.4. The third kappa shape index (κ3) is 5.28. The number of nitrogens with one attached hydrogen (secondary N) is 1. The molecule has 2 saturated heterocycles. The standard InChI is InChI=1S/C27H31N7O2S/c1-2-3-20(16-28-18-33-6-10-35-11-7-33)23-15-22-24(37-23)27(34-8-12-36-13-9-34)32-26(31-22)21-14-19-4-5-29-25(19)30-17-21/h3-5,14-17H,2,6-13,18H2,1H3,(H,29,30)/b20-3+,28-16?. The number of hydrogen-bond donors (Lipinski definition) is 1. The van der Waals surface area contributed by atoms with Gasteiger partial charge in [-0.25, -0.2) is 15.0 Å². The highest BCUT2D eigenvalue weighted by Gasteiger charge is 2.21. The monoisotopic (exact) mass is 517 g/mol. The summed E-state index contributed by atoms with van der Waals surface area (Å²) in [6.45, 7) is 9.28. The minimum absolute atomic E-state index is 0.687. The van der Waals surface area contributed by atoms with E-state index in [9.17, 15) is 0 Å². The second-order valence-electron chi connectivity index (χ2n) is 9.19. The molecule has 37 heavy (non-hydrogen) atoms. The molecular formula is C27H31N7O2S. The number of ether oxygens (including phenoxy) is 2. The zero-order valence-corrected chi connectivity index (χ0v) is 21.8. The van der Waals surface area contributed by atoms with Crippen molar-refractivity contribution in [1.29, 1.82) is 0 Å². The smallest absolute Gasteiger partial charge is 0.163 e. The molecule has 192 valence electrons. The van der Waals surface area contributed by atoms with E-state index < -0.39 is 0 Å². The maximum Gasteiger partial charge on any atom is 0.163 e. The van der Waals surface area contributed by atoms with Gasteiger partial charge in [0.15, 0.2) is 11.6 Å². The van der Waals surface area contributed by atoms with Gasteiger partial charge < -0.3 is 19.4 Å². The first-order valence-corrected chi connectivity index (χ1v) is 13.7. The van der Waals surface area contributed by atoms with Crippen LogP contribution in [0.2, 0.25) is 0 Å². The van der Waals surface area contributed by atoms with Crippen molar-refractivity contribution in [2.45, 2.75) is 13.3 Å². The SMILES string of the molecule is CC/C=C(\C=NCN1CCOCC1)c1cc2nc(-c3cnc4[nH]ccc4c3)nc(N3CCOCC3)c2s1. The number of nitrogens with zero attached hydrogens (tertiary/aromatic N) is 6. The molecule has 2 aliphatic rings. The number of thiophene rings is 1. The number of hydrogen-bond acceptors (Lipinski definition) is 9. The molecule has 2 fully saturated rings. The highest BCUT2D eigenvalue weighted by atomic mass is 32.1. The quantitative estimate of drug-likeness (QED) is 0.367. The molecule has 10 heteroatoms. The molecule has 6 heterocycles. The van der Waals surface area contributed by atoms with Gasteiger partial charge in [-0.15, -0.1) is 11.3 Å². The maximum absolute atomic E-state index is 5.62. The lowest BCUT2D eigenvalue weighted by molar-refractivity contribution is 0.0395. The summed E-state index contributed by atoms with van der Waals surface area (Å²) in [5, 5.41) is 1.05. The number of rotatable bonds is 7. The molecule has 0 unspecified atom stereocenters. The van der Waals surface area contributed by atoms with Crippen molar-refractivity contribution in [3.8, 4) is 11.4 Å². The lowest BCUT2D eigenvalue weighted by Crippen LogP contribution is -2.36. The summed E-state index contributed by atoms with van der Waals surface area (Å²) < 4.78 is 12.2. The van der Waals surface area contributed by atoms with Crippen molar-refractivity contribution in [3.05, 3.63) is 41.5 Å². The molecular weight excluding hydrogens is 486 g/mol. The number of aromatic nitrogens is 4. The van der Waals surface area contributed by atoms with Gasteiger partial charge in [-0.2, -0.15) is 0 Å². The van der Waals surface area contributed by atoms with E-state index in [2.05, 4.69) is 44.9 Å². The van der Waals surface area contributed by atoms with Gasteiger partial charge in [0.05, 0.1) is 43.3 Å². The number of morpholine rings is 2. The number of aliphatic imine (C=N–C) groups is 1. The second kappa shape index (κ2) is 11.1. The molecule has 0 radical (unpaired) electrons. The third-order valence-corrected chi connectivity index (χ3v) is 7.82. The molecule has 0 bridgehead atoms. The third-order valence-electron chi connectivity index (χ3n) is 6.65. The largest absolute Gasteiger partial charge is 0.379 e. The van der Waals surface area contributed by atoms with Crippen LogP contribution in [-0.4, -0.2) is 90.3 Å². The molecule has 0 spiro atoms. The normalized spacial score (nSPS) is 18.0. The van der Waals surface area contributed by atoms with Crippen molar-refractivity contribution in [2.75, 3.05) is 64.2 Å². The van der Waals surface area contributed by atoms with Crippen molar-refractivity contribution < 1.29 is 9.47 Å². The van der Waals surface area contributed by atoms with Gasteiger partial charge in [0.1, 0.15) is 5.65 Å². The van der Waals surface area contributed by atoms with Gasteiger partial charge in [0.2, 0.25) is 0 Å². The predicted molar refractivity (Wildman–Crippen MR) is 150 cm³/mol. The fraction of sp³-hybridized carbons (Fsp3) is 0.407. The van der Waals surface area contributed by atoms with Gasteiger partial charge in [0.25, 0.3) is 0 Å². The second-order valence-corrected chi connectivity index (χ2v) is 10.2. The van der Waals surface area contributed by atoms with Gasteiger partial charge in [0, 0.05) is 66.2 Å². The summed E-state index contributed by atoms with van der Waals surface area (Å²) in [5.41, 5.74) is 3.85. The Bertz CT molecular complexity index is 1430. The Kier molecular flexibility index (Phi) is 7.22. The van der Waals surface area contributed by atoms with E-state index in [1.807, 2.05) is 24.7 Å². The zero-order valence-electron chi connectivity index (χ0n) is 21.0. The van der Waals surface area contributed by atoms with Gasteiger partial charge in [-0.05, 0) is 24.6 Å². The Balaban J connectivity index is 1.38. The number of H-pyrrole nitrogens is 1. The zero-order chi connectivity index (χ0) is 25.0. The first kappa shape index (κ1) is 24.2. The molecule has 2 aliphatic heterocycles. The summed E-state index contributed by atoms with van der Waals surface area (Å²) in [5.74, 6) is 1.66. The van der Waals surface area contributed by atoms with Crippen LogP contribution in [0.4, 0.5) is 5.82 Å². The van der Waals surface area contributed by atoms with Crippen molar-refractivity contribution in [2.24, 2.45) is 4.99 Å². The van der Waals surface area contributed by atoms with E-state index in [1.165, 1.54) is 0 Å². The number of aromatic amines is 1. The van der Waals surface area contributed by atoms with E-state index >= 15 is 0 Å². The number of fused-ring (bicyclic) bond motifs is 2. The maximum atomic E-state index is 5.62. The van der Waals surface area contributed by atoms with Crippen LogP contribution in [0, 0.1) is 0 Å². The number of pyridine rings is 1. The molecule has 0 aromatic carbocycles. The first-order valence-electron chi connectivity index (χ1n) is 12.9. The van der Waals surface area contributed by atoms with E-state index in [1.54, 1.807) is 11.3 Å². The fourth-order valence-electron chi connectivity index (χ4n) is 4.67. The van der Waals surface area contributed by atoms with Crippen LogP contribution in [0.1, 0.15) is 18.2 Å². The van der Waals surface area contributed by atoms with E-state index in [-0.39, 0.29) is 0 Å². The van der Waals surface area contributed by atoms with Gasteiger partial charge >= 0.3 is 0 Å². The Morgan fingerprint density at radius 1 is 1.11 bits per heavy atom. The van der Waals surface area contributed by atoms with E-state index in [0.29, 0.717) is 25.7 Å². The van der Waals surface area contributed by atoms with Crippen LogP contribution in [0.3, 0.4) is 0 Å². The lowest BCUT2D eigenvalue weighted by Gasteiger charge is -2.28. The van der Waals surface area contributed by atoms with Crippen LogP contribution >= 0.6 is 11.3 Å². The van der Waals surface area contributed by atoms with Crippen molar-refractivity contribution in [1.82, 2.24) is 24.8 Å². The summed E-state index contributed by atoms with van der Waals surface area (Å²) in [6, 6.07) is 6.30. The average molecular weight is 518 g/mol. The molecule has 0 atom stereocenters. The van der Waals surface area contributed by atoms with Crippen LogP contribution in [0.5, 0.6) is 0 Å². The molecule has 4 aromatic rings. The average Bonchev–Trinajstić information content (AvgIpc) is 3.60. The van der Waals surface area contributed by atoms with E-state index in [0.717, 1.165) is 88.9 Å². The predicted octanol–water partition coefficient (Wildman–Crippen LogP) is 4.23. The molecule has 0 aliphatic carbocycles. The Morgan fingerprint density at radius 3 is 2.73 bits per heavy atom. The molecule has 0 amide bonds. The highest BCUT2D eigenvalue weighted by Crippen LogP contribution is 2.37. The highest BCUT2D eigenvalue weighted by molar-refractivity contribution is 7.20. The molecule has 0 saturated carbocycles. The Morgan fingerprint density at radius 2 is 1.92 bits per heavy atom. The topological polar surface area (TPSA) is 91.8 Å². The molecule has 9 nitrogen and oxygen atoms in total. The van der Waals surface area contributed by atoms with Crippen molar-refractivity contribution >= 4 is 50.2 Å². The first-order chi connectivity index (χ1) is 18.3. The van der Waals surface area contributed by atoms with Crippen LogP contribution in [0.15, 0.2) is 41.7 Å². The van der Waals surface area contributed by atoms with Gasteiger partial charge in [-0.1, -0.05) is 13.0 Å². The van der Waals surface area contributed by atoms with Crippen LogP contribution in [0.25, 0.3) is 38.2 Å². The Hall–Kier alpha value is -3.18. The summed E-state index contributed by atoms with van der Waals surface area (Å²) in [6.07, 6.45) is 8.92. The Labute approximate surface area is 219 Å². The molecule has 6 rings (SSSR count). The van der Waals surface area contributed by atoms with Crippen LogP contribution < -0.4 is 4.90 Å². The molecule has 4 aromatic heterocycles. The number of anilines is 1. The fourth-order valence-corrected chi connectivity index (χ4v) is 5.79. The van der Waals surface area contributed by atoms with E-state index in [4.69, 9.17) is 24.4 Å². The van der Waals surface area contributed by atoms with Gasteiger partial charge in [-0.3, -0.25) is 9.89 Å². The lowest BCUT2D eigenvalue weighted by atomic mass is 10.2. The minimum Gasteiger partial charge on any atom is -0.379 e.